The van der Waals surface area contributed by atoms with Gasteiger partial charge in [0, 0.05) is 0 Å². The molecule has 1 fully saturated rings. The molecule has 3 N–H and O–H groups in total. The minimum atomic E-state index is -0.927. The fraction of sp³-hybridized carbons (Fsp3) is 0.333. The van der Waals surface area contributed by atoms with Crippen molar-refractivity contribution in [3.8, 4) is 0 Å². The van der Waals surface area contributed by atoms with E-state index in [0.29, 0.717) is 12.8 Å². The SMILES string of the molecule is NC(=O)C1(C(=O)Nc2cccs2)CC1. The van der Waals surface area contributed by atoms with Crippen LogP contribution in [0.3, 0.4) is 0 Å². The second kappa shape index (κ2) is 3.09. The Bertz CT molecular complexity index is 368. The highest BCUT2D eigenvalue weighted by molar-refractivity contribution is 7.14. The summed E-state index contributed by atoms with van der Waals surface area (Å²) in [5.74, 6) is -0.793. The van der Waals surface area contributed by atoms with Gasteiger partial charge in [0.25, 0.3) is 0 Å². The molecular formula is C9H10N2O2S. The molecule has 0 atom stereocenters. The smallest absolute Gasteiger partial charge is 0.240 e. The standard InChI is InChI=1S/C9H10N2O2S/c10-7(12)9(3-4-9)8(13)11-6-2-1-5-14-6/h1-2,5H,3-4H2,(H2,10,12)(H,11,13). The fourth-order valence-electron chi connectivity index (χ4n) is 1.29. The molecule has 1 heterocycles. The largest absolute Gasteiger partial charge is 0.369 e. The van der Waals surface area contributed by atoms with Crippen molar-refractivity contribution in [1.82, 2.24) is 0 Å². The van der Waals surface area contributed by atoms with Gasteiger partial charge in [-0.05, 0) is 30.4 Å². The fourth-order valence-corrected chi connectivity index (χ4v) is 1.90. The normalized spacial score (nSPS) is 17.4. The maximum absolute atomic E-state index is 11.6. The number of nitrogens with two attached hydrogens (primary N) is 1. The second-order valence-electron chi connectivity index (χ2n) is 3.38. The van der Waals surface area contributed by atoms with Gasteiger partial charge in [-0.15, -0.1) is 11.3 Å². The van der Waals surface area contributed by atoms with E-state index in [-0.39, 0.29) is 5.91 Å². The summed E-state index contributed by atoms with van der Waals surface area (Å²) < 4.78 is 0. The van der Waals surface area contributed by atoms with Crippen LogP contribution in [0.4, 0.5) is 5.00 Å². The van der Waals surface area contributed by atoms with Gasteiger partial charge in [-0.1, -0.05) is 0 Å². The lowest BCUT2D eigenvalue weighted by Crippen LogP contribution is -2.36. The van der Waals surface area contributed by atoms with Crippen LogP contribution >= 0.6 is 11.3 Å². The third-order valence-corrected chi connectivity index (χ3v) is 3.20. The molecule has 2 amide bonds. The lowest BCUT2D eigenvalue weighted by atomic mass is 10.1. The molecule has 0 saturated heterocycles. The Morgan fingerprint density at radius 1 is 1.50 bits per heavy atom. The number of rotatable bonds is 3. The van der Waals surface area contributed by atoms with Crippen LogP contribution in [0.2, 0.25) is 0 Å². The first kappa shape index (κ1) is 9.21. The number of carbonyl (C=O) groups is 2. The average molecular weight is 210 g/mol. The predicted octanol–water partition coefficient (Wildman–Crippen LogP) is 0.952. The molecular weight excluding hydrogens is 200 g/mol. The monoisotopic (exact) mass is 210 g/mol. The van der Waals surface area contributed by atoms with E-state index in [1.165, 1.54) is 11.3 Å². The van der Waals surface area contributed by atoms with E-state index in [2.05, 4.69) is 5.32 Å². The number of thiophene rings is 1. The number of hydrogen-bond donors (Lipinski definition) is 2. The summed E-state index contributed by atoms with van der Waals surface area (Å²) in [5.41, 5.74) is 4.24. The van der Waals surface area contributed by atoms with Crippen molar-refractivity contribution in [2.24, 2.45) is 11.1 Å². The summed E-state index contributed by atoms with van der Waals surface area (Å²) in [6, 6.07) is 3.63. The quantitative estimate of drug-likeness (QED) is 0.729. The molecule has 1 saturated carbocycles. The molecule has 0 spiro atoms. The van der Waals surface area contributed by atoms with Crippen LogP contribution in [0, 0.1) is 5.41 Å². The number of primary amides is 1. The molecule has 0 aliphatic heterocycles. The maximum Gasteiger partial charge on any atom is 0.240 e. The van der Waals surface area contributed by atoms with E-state index < -0.39 is 11.3 Å². The summed E-state index contributed by atoms with van der Waals surface area (Å²) in [6.45, 7) is 0. The third-order valence-electron chi connectivity index (χ3n) is 2.41. The van der Waals surface area contributed by atoms with Crippen molar-refractivity contribution in [2.75, 3.05) is 5.32 Å². The molecule has 1 aliphatic carbocycles. The van der Waals surface area contributed by atoms with Crippen LogP contribution in [-0.4, -0.2) is 11.8 Å². The first-order valence-electron chi connectivity index (χ1n) is 4.30. The topological polar surface area (TPSA) is 72.2 Å². The molecule has 2 rings (SSSR count). The molecule has 0 radical (unpaired) electrons. The van der Waals surface area contributed by atoms with Crippen LogP contribution in [0.25, 0.3) is 0 Å². The van der Waals surface area contributed by atoms with Gasteiger partial charge in [-0.25, -0.2) is 0 Å². The first-order chi connectivity index (χ1) is 6.65. The minimum Gasteiger partial charge on any atom is -0.369 e. The van der Waals surface area contributed by atoms with Gasteiger partial charge in [-0.3, -0.25) is 9.59 Å². The molecule has 0 aromatic carbocycles. The van der Waals surface area contributed by atoms with Gasteiger partial charge in [0.05, 0.1) is 5.00 Å². The van der Waals surface area contributed by atoms with Gasteiger partial charge >= 0.3 is 0 Å². The minimum absolute atomic E-state index is 0.271. The maximum atomic E-state index is 11.6. The lowest BCUT2D eigenvalue weighted by molar-refractivity contribution is -0.132. The number of nitrogens with one attached hydrogen (secondary N) is 1. The Kier molecular flexibility index (Phi) is 2.03. The van der Waals surface area contributed by atoms with Crippen LogP contribution in [-0.2, 0) is 9.59 Å². The highest BCUT2D eigenvalue weighted by atomic mass is 32.1. The van der Waals surface area contributed by atoms with Crippen molar-refractivity contribution in [3.63, 3.8) is 0 Å². The molecule has 0 unspecified atom stereocenters. The van der Waals surface area contributed by atoms with Crippen LogP contribution < -0.4 is 11.1 Å². The number of carbonyl (C=O) groups excluding carboxylic acids is 2. The second-order valence-corrected chi connectivity index (χ2v) is 4.33. The van der Waals surface area contributed by atoms with E-state index in [1.807, 2.05) is 11.4 Å². The van der Waals surface area contributed by atoms with Crippen LogP contribution in [0.5, 0.6) is 0 Å². The molecule has 1 aromatic rings. The van der Waals surface area contributed by atoms with E-state index in [0.717, 1.165) is 5.00 Å². The summed E-state index contributed by atoms with van der Waals surface area (Å²) in [4.78, 5) is 22.6. The van der Waals surface area contributed by atoms with E-state index in [1.54, 1.807) is 6.07 Å². The number of hydrogen-bond acceptors (Lipinski definition) is 3. The van der Waals surface area contributed by atoms with E-state index in [4.69, 9.17) is 5.73 Å². The highest BCUT2D eigenvalue weighted by Crippen LogP contribution is 2.46. The summed E-state index contributed by atoms with van der Waals surface area (Å²) in [7, 11) is 0. The predicted molar refractivity (Wildman–Crippen MR) is 53.8 cm³/mol. The van der Waals surface area contributed by atoms with Gasteiger partial charge in [-0.2, -0.15) is 0 Å². The Hall–Kier alpha value is -1.36. The van der Waals surface area contributed by atoms with Gasteiger partial charge < -0.3 is 11.1 Å². The van der Waals surface area contributed by atoms with Crippen LogP contribution in [0.1, 0.15) is 12.8 Å². The Balaban J connectivity index is 2.07. The molecule has 14 heavy (non-hydrogen) atoms. The van der Waals surface area contributed by atoms with Crippen LogP contribution in [0.15, 0.2) is 17.5 Å². The highest BCUT2D eigenvalue weighted by Gasteiger charge is 2.55. The number of amides is 2. The first-order valence-corrected chi connectivity index (χ1v) is 5.18. The molecule has 1 aliphatic rings. The van der Waals surface area contributed by atoms with Crippen molar-refractivity contribution in [2.45, 2.75) is 12.8 Å². The summed E-state index contributed by atoms with van der Waals surface area (Å²) >= 11 is 1.42. The van der Waals surface area contributed by atoms with E-state index >= 15 is 0 Å². The van der Waals surface area contributed by atoms with Crippen molar-refractivity contribution < 1.29 is 9.59 Å². The van der Waals surface area contributed by atoms with Crippen molar-refractivity contribution >= 4 is 28.2 Å². The Morgan fingerprint density at radius 2 is 2.21 bits per heavy atom. The van der Waals surface area contributed by atoms with Gasteiger partial charge in [0.15, 0.2) is 0 Å². The van der Waals surface area contributed by atoms with E-state index in [9.17, 15) is 9.59 Å². The third kappa shape index (κ3) is 1.39. The molecule has 74 valence electrons. The zero-order valence-electron chi connectivity index (χ0n) is 7.45. The Labute approximate surface area is 85.1 Å². The molecule has 5 heteroatoms. The molecule has 1 aromatic heterocycles. The zero-order valence-corrected chi connectivity index (χ0v) is 8.26. The average Bonchev–Trinajstić information content (AvgIpc) is 2.81. The van der Waals surface area contributed by atoms with Crippen molar-refractivity contribution in [3.05, 3.63) is 17.5 Å². The zero-order chi connectivity index (χ0) is 10.2. The summed E-state index contributed by atoms with van der Waals surface area (Å²) in [6.07, 6.45) is 1.14. The Morgan fingerprint density at radius 3 is 2.64 bits per heavy atom. The van der Waals surface area contributed by atoms with Gasteiger partial charge in [0.1, 0.15) is 5.41 Å². The summed E-state index contributed by atoms with van der Waals surface area (Å²) in [5, 5.41) is 5.30. The lowest BCUT2D eigenvalue weighted by Gasteiger charge is -2.09. The number of anilines is 1. The van der Waals surface area contributed by atoms with Gasteiger partial charge in [0.2, 0.25) is 11.8 Å². The molecule has 0 bridgehead atoms. The molecule has 4 nitrogen and oxygen atoms in total. The van der Waals surface area contributed by atoms with Crippen molar-refractivity contribution in [1.29, 1.82) is 0 Å².